The van der Waals surface area contributed by atoms with Crippen molar-refractivity contribution in [2.24, 2.45) is 5.92 Å². The molecule has 90 valence electrons. The molecule has 0 radical (unpaired) electrons. The Morgan fingerprint density at radius 3 is 2.71 bits per heavy atom. The molecule has 17 heavy (non-hydrogen) atoms. The van der Waals surface area contributed by atoms with Crippen molar-refractivity contribution in [2.45, 2.75) is 19.4 Å². The summed E-state index contributed by atoms with van der Waals surface area (Å²) >= 11 is 5.73. The number of carbonyl (C=O) groups is 1. The average molecular weight is 255 g/mol. The highest BCUT2D eigenvalue weighted by atomic mass is 35.5. The van der Waals surface area contributed by atoms with E-state index in [1.165, 1.54) is 18.2 Å². The molecule has 0 bridgehead atoms. The average Bonchev–Trinajstić information content (AvgIpc) is 2.93. The summed E-state index contributed by atoms with van der Waals surface area (Å²) in [5, 5.41) is 13.4. The first-order valence-electron chi connectivity index (χ1n) is 5.24. The number of nitrogens with zero attached hydrogens (tertiary/aromatic N) is 1. The normalized spacial score (nSPS) is 22.0. The van der Waals surface area contributed by atoms with Crippen LogP contribution in [0, 0.1) is 16.0 Å². The molecule has 1 amide bonds. The molecule has 6 heteroatoms. The van der Waals surface area contributed by atoms with Crippen molar-refractivity contribution in [3.05, 3.63) is 38.9 Å². The Labute approximate surface area is 103 Å². The van der Waals surface area contributed by atoms with E-state index in [1.807, 2.05) is 6.92 Å². The second kappa shape index (κ2) is 4.33. The van der Waals surface area contributed by atoms with Gasteiger partial charge in [0.05, 0.1) is 4.92 Å². The fourth-order valence-electron chi connectivity index (χ4n) is 1.57. The number of halogens is 1. The number of nitro benzene ring substituents is 1. The highest BCUT2D eigenvalue weighted by Crippen LogP contribution is 2.30. The summed E-state index contributed by atoms with van der Waals surface area (Å²) in [6.07, 6.45) is 0.979. The lowest BCUT2D eigenvalue weighted by atomic mass is 10.2. The summed E-state index contributed by atoms with van der Waals surface area (Å²) in [5.41, 5.74) is 0.155. The number of rotatable bonds is 3. The molecule has 0 aromatic heterocycles. The summed E-state index contributed by atoms with van der Waals surface area (Å²) in [4.78, 5) is 21.7. The molecule has 0 spiro atoms. The largest absolute Gasteiger partial charge is 0.349 e. The van der Waals surface area contributed by atoms with E-state index >= 15 is 0 Å². The van der Waals surface area contributed by atoms with Crippen LogP contribution < -0.4 is 5.32 Å². The van der Waals surface area contributed by atoms with E-state index in [9.17, 15) is 14.9 Å². The molecule has 1 fully saturated rings. The van der Waals surface area contributed by atoms with Gasteiger partial charge in [0.1, 0.15) is 5.02 Å². The molecular weight excluding hydrogens is 244 g/mol. The molecule has 0 saturated heterocycles. The fraction of sp³-hybridized carbons (Fsp3) is 0.364. The van der Waals surface area contributed by atoms with E-state index in [4.69, 9.17) is 11.6 Å². The molecule has 0 aliphatic heterocycles. The minimum Gasteiger partial charge on any atom is -0.349 e. The molecule has 2 unspecified atom stereocenters. The van der Waals surface area contributed by atoms with Crippen molar-refractivity contribution in [2.75, 3.05) is 0 Å². The number of amides is 1. The van der Waals surface area contributed by atoms with Crippen LogP contribution in [0.25, 0.3) is 0 Å². The quantitative estimate of drug-likeness (QED) is 0.665. The molecule has 1 N–H and O–H groups in total. The maximum atomic E-state index is 11.7. The first-order chi connectivity index (χ1) is 7.99. The van der Waals surface area contributed by atoms with Crippen molar-refractivity contribution in [3.8, 4) is 0 Å². The van der Waals surface area contributed by atoms with Gasteiger partial charge in [0, 0.05) is 17.7 Å². The minimum atomic E-state index is -0.576. The number of benzene rings is 1. The Kier molecular flexibility index (Phi) is 3.02. The Balaban J connectivity index is 2.13. The molecule has 1 aromatic rings. The lowest BCUT2D eigenvalue weighted by Crippen LogP contribution is -2.26. The standard InChI is InChI=1S/C11H11ClN2O3/c1-6-4-9(6)13-11(15)7-2-3-10(14(16)17)8(12)5-7/h2-3,5-6,9H,4H2,1H3,(H,13,15). The summed E-state index contributed by atoms with van der Waals surface area (Å²) in [7, 11) is 0. The fourth-order valence-corrected chi connectivity index (χ4v) is 1.82. The second-order valence-electron chi connectivity index (χ2n) is 4.22. The maximum absolute atomic E-state index is 11.7. The molecule has 2 atom stereocenters. The van der Waals surface area contributed by atoms with Crippen LogP contribution in [0.3, 0.4) is 0 Å². The van der Waals surface area contributed by atoms with Gasteiger partial charge >= 0.3 is 0 Å². The van der Waals surface area contributed by atoms with Crippen LogP contribution in [0.2, 0.25) is 5.02 Å². The number of carbonyl (C=O) groups excluding carboxylic acids is 1. The first-order valence-corrected chi connectivity index (χ1v) is 5.61. The molecule has 1 saturated carbocycles. The summed E-state index contributed by atoms with van der Waals surface area (Å²) in [6.45, 7) is 2.05. The molecule has 1 aromatic carbocycles. The van der Waals surface area contributed by atoms with Crippen LogP contribution in [0.4, 0.5) is 5.69 Å². The zero-order valence-electron chi connectivity index (χ0n) is 9.14. The van der Waals surface area contributed by atoms with E-state index in [2.05, 4.69) is 5.32 Å². The predicted octanol–water partition coefficient (Wildman–Crippen LogP) is 2.39. The molecule has 1 aliphatic carbocycles. The van der Waals surface area contributed by atoms with Gasteiger partial charge in [0.25, 0.3) is 11.6 Å². The molecular formula is C11H11ClN2O3. The predicted molar refractivity (Wildman–Crippen MR) is 63.1 cm³/mol. The van der Waals surface area contributed by atoms with Gasteiger partial charge in [-0.2, -0.15) is 0 Å². The maximum Gasteiger partial charge on any atom is 0.287 e. The van der Waals surface area contributed by atoms with E-state index in [0.29, 0.717) is 11.5 Å². The Morgan fingerprint density at radius 2 is 2.24 bits per heavy atom. The Hall–Kier alpha value is -1.62. The zero-order valence-corrected chi connectivity index (χ0v) is 9.90. The number of nitro groups is 1. The van der Waals surface area contributed by atoms with Crippen LogP contribution in [0.5, 0.6) is 0 Å². The van der Waals surface area contributed by atoms with Crippen LogP contribution in [0.15, 0.2) is 18.2 Å². The van der Waals surface area contributed by atoms with Crippen molar-refractivity contribution >= 4 is 23.2 Å². The molecule has 5 nitrogen and oxygen atoms in total. The minimum absolute atomic E-state index is 0.0218. The third kappa shape index (κ3) is 2.55. The highest BCUT2D eigenvalue weighted by Gasteiger charge is 2.34. The van der Waals surface area contributed by atoms with Crippen LogP contribution in [-0.4, -0.2) is 16.9 Å². The van der Waals surface area contributed by atoms with Gasteiger partial charge in [-0.1, -0.05) is 18.5 Å². The van der Waals surface area contributed by atoms with Gasteiger partial charge in [-0.3, -0.25) is 14.9 Å². The smallest absolute Gasteiger partial charge is 0.287 e. The lowest BCUT2D eigenvalue weighted by molar-refractivity contribution is -0.384. The molecule has 1 aliphatic rings. The Morgan fingerprint density at radius 1 is 1.59 bits per heavy atom. The van der Waals surface area contributed by atoms with Gasteiger partial charge in [0.15, 0.2) is 0 Å². The second-order valence-corrected chi connectivity index (χ2v) is 4.62. The molecule has 2 rings (SSSR count). The van der Waals surface area contributed by atoms with Crippen LogP contribution in [0.1, 0.15) is 23.7 Å². The number of hydrogen-bond acceptors (Lipinski definition) is 3. The van der Waals surface area contributed by atoms with Crippen LogP contribution >= 0.6 is 11.6 Å². The Bertz CT molecular complexity index is 490. The van der Waals surface area contributed by atoms with E-state index in [0.717, 1.165) is 6.42 Å². The van der Waals surface area contributed by atoms with Crippen molar-refractivity contribution in [3.63, 3.8) is 0 Å². The summed E-state index contributed by atoms with van der Waals surface area (Å²) in [6, 6.07) is 4.19. The molecule has 0 heterocycles. The number of hydrogen-bond donors (Lipinski definition) is 1. The van der Waals surface area contributed by atoms with E-state index in [1.54, 1.807) is 0 Å². The van der Waals surface area contributed by atoms with Gasteiger partial charge < -0.3 is 5.32 Å². The monoisotopic (exact) mass is 254 g/mol. The SMILES string of the molecule is CC1CC1NC(=O)c1ccc([N+](=O)[O-])c(Cl)c1. The number of nitrogens with one attached hydrogen (secondary N) is 1. The van der Waals surface area contributed by atoms with Crippen LogP contribution in [-0.2, 0) is 0 Å². The topological polar surface area (TPSA) is 72.2 Å². The van der Waals surface area contributed by atoms with E-state index in [-0.39, 0.29) is 22.7 Å². The third-order valence-electron chi connectivity index (χ3n) is 2.83. The van der Waals surface area contributed by atoms with Crippen molar-refractivity contribution in [1.82, 2.24) is 5.32 Å². The first kappa shape index (κ1) is 11.9. The van der Waals surface area contributed by atoms with E-state index < -0.39 is 4.92 Å². The van der Waals surface area contributed by atoms with Gasteiger partial charge in [-0.05, 0) is 24.5 Å². The van der Waals surface area contributed by atoms with Gasteiger partial charge in [-0.25, -0.2) is 0 Å². The highest BCUT2D eigenvalue weighted by molar-refractivity contribution is 6.33. The lowest BCUT2D eigenvalue weighted by Gasteiger charge is -2.04. The van der Waals surface area contributed by atoms with Gasteiger partial charge in [0.2, 0.25) is 0 Å². The van der Waals surface area contributed by atoms with Gasteiger partial charge in [-0.15, -0.1) is 0 Å². The zero-order chi connectivity index (χ0) is 12.6. The summed E-state index contributed by atoms with van der Waals surface area (Å²) < 4.78 is 0. The third-order valence-corrected chi connectivity index (χ3v) is 3.14. The summed E-state index contributed by atoms with van der Waals surface area (Å²) in [5.74, 6) is 0.267. The van der Waals surface area contributed by atoms with Crippen molar-refractivity contribution < 1.29 is 9.72 Å². The van der Waals surface area contributed by atoms with Crippen molar-refractivity contribution in [1.29, 1.82) is 0 Å².